The van der Waals surface area contributed by atoms with E-state index in [1.165, 1.54) is 0 Å². The second-order valence-corrected chi connectivity index (χ2v) is 6.60. The zero-order valence-electron chi connectivity index (χ0n) is 16.1. The predicted molar refractivity (Wildman–Crippen MR) is 111 cm³/mol. The van der Waals surface area contributed by atoms with Gasteiger partial charge in [-0.05, 0) is 42.0 Å². The lowest BCUT2D eigenvalue weighted by atomic mass is 10.2. The summed E-state index contributed by atoms with van der Waals surface area (Å²) in [6, 6.07) is 20.0. The van der Waals surface area contributed by atoms with E-state index in [1.807, 2.05) is 42.5 Å². The minimum Gasteiger partial charge on any atom is -0.487 e. The van der Waals surface area contributed by atoms with Crippen molar-refractivity contribution in [2.45, 2.75) is 19.7 Å². The number of nitrogens with zero attached hydrogens (tertiary/aromatic N) is 4. The number of carbonyl (C=O) groups is 1. The van der Waals surface area contributed by atoms with Crippen molar-refractivity contribution in [1.82, 2.24) is 25.3 Å². The second-order valence-electron chi connectivity index (χ2n) is 6.60. The number of hydrogen-bond donors (Lipinski definition) is 1. The standard InChI is InChI=1S/C22H19N5O3/c28-21(14-27-22(29)19-9-1-2-10-20(19)25-26-27)24-13-16-6-5-8-18(12-16)30-15-17-7-3-4-11-23-17/h1-12H,13-15H2,(H,24,28). The van der Waals surface area contributed by atoms with Crippen LogP contribution in [0.25, 0.3) is 10.9 Å². The molecule has 0 atom stereocenters. The van der Waals surface area contributed by atoms with Gasteiger partial charge in [0.15, 0.2) is 0 Å². The van der Waals surface area contributed by atoms with Crippen LogP contribution in [0.4, 0.5) is 0 Å². The Kier molecular flexibility index (Phi) is 5.75. The molecule has 2 aromatic heterocycles. The zero-order valence-corrected chi connectivity index (χ0v) is 16.1. The Morgan fingerprint density at radius 2 is 1.90 bits per heavy atom. The molecule has 0 unspecified atom stereocenters. The molecule has 2 heterocycles. The van der Waals surface area contributed by atoms with Gasteiger partial charge in [-0.3, -0.25) is 14.6 Å². The Morgan fingerprint density at radius 1 is 1.03 bits per heavy atom. The lowest BCUT2D eigenvalue weighted by molar-refractivity contribution is -0.122. The number of nitrogens with one attached hydrogen (secondary N) is 1. The number of aromatic nitrogens is 4. The highest BCUT2D eigenvalue weighted by Gasteiger charge is 2.09. The molecule has 0 spiro atoms. The fourth-order valence-corrected chi connectivity index (χ4v) is 2.91. The molecule has 0 saturated carbocycles. The summed E-state index contributed by atoms with van der Waals surface area (Å²) in [6.07, 6.45) is 1.72. The largest absolute Gasteiger partial charge is 0.487 e. The van der Waals surface area contributed by atoms with Crippen molar-refractivity contribution in [1.29, 1.82) is 0 Å². The quantitative estimate of drug-likeness (QED) is 0.509. The summed E-state index contributed by atoms with van der Waals surface area (Å²) in [7, 11) is 0. The van der Waals surface area contributed by atoms with Gasteiger partial charge < -0.3 is 10.1 Å². The first kappa shape index (κ1) is 19.3. The molecule has 4 aromatic rings. The molecule has 0 radical (unpaired) electrons. The summed E-state index contributed by atoms with van der Waals surface area (Å²) in [5, 5.41) is 11.0. The van der Waals surface area contributed by atoms with E-state index in [1.54, 1.807) is 30.5 Å². The number of rotatable bonds is 7. The molecule has 2 aromatic carbocycles. The fraction of sp³-hybridized carbons (Fsp3) is 0.136. The first-order valence-electron chi connectivity index (χ1n) is 9.40. The third kappa shape index (κ3) is 4.67. The highest BCUT2D eigenvalue weighted by Crippen LogP contribution is 2.14. The molecule has 0 saturated heterocycles. The highest BCUT2D eigenvalue weighted by atomic mass is 16.5. The van der Waals surface area contributed by atoms with E-state index in [0.29, 0.717) is 29.8 Å². The molecule has 4 rings (SSSR count). The number of amides is 1. The summed E-state index contributed by atoms with van der Waals surface area (Å²) in [5.74, 6) is 0.352. The molecule has 150 valence electrons. The normalized spacial score (nSPS) is 10.7. The lowest BCUT2D eigenvalue weighted by Crippen LogP contribution is -2.34. The first-order chi connectivity index (χ1) is 14.7. The summed E-state index contributed by atoms with van der Waals surface area (Å²) < 4.78 is 6.81. The topological polar surface area (TPSA) is 99.0 Å². The van der Waals surface area contributed by atoms with Crippen molar-refractivity contribution >= 4 is 16.8 Å². The minimum absolute atomic E-state index is 0.202. The third-order valence-corrected chi connectivity index (χ3v) is 4.42. The maximum absolute atomic E-state index is 12.4. The molecule has 0 bridgehead atoms. The van der Waals surface area contributed by atoms with Crippen LogP contribution in [0.2, 0.25) is 0 Å². The number of hydrogen-bond acceptors (Lipinski definition) is 6. The predicted octanol–water partition coefficient (Wildman–Crippen LogP) is 2.08. The Bertz CT molecular complexity index is 1220. The summed E-state index contributed by atoms with van der Waals surface area (Å²) >= 11 is 0. The Balaban J connectivity index is 1.35. The van der Waals surface area contributed by atoms with Crippen molar-refractivity contribution in [3.8, 4) is 5.75 Å². The number of fused-ring (bicyclic) bond motifs is 1. The van der Waals surface area contributed by atoms with E-state index in [2.05, 4.69) is 20.6 Å². The van der Waals surface area contributed by atoms with Crippen molar-refractivity contribution in [2.75, 3.05) is 0 Å². The zero-order chi connectivity index (χ0) is 20.8. The summed E-state index contributed by atoms with van der Waals surface area (Å²) in [6.45, 7) is 0.460. The van der Waals surface area contributed by atoms with Crippen LogP contribution in [-0.2, 0) is 24.5 Å². The highest BCUT2D eigenvalue weighted by molar-refractivity contribution is 5.78. The number of carbonyl (C=O) groups excluding carboxylic acids is 1. The summed E-state index contributed by atoms with van der Waals surface area (Å²) in [5.41, 5.74) is 1.86. The molecular formula is C22H19N5O3. The van der Waals surface area contributed by atoms with Crippen LogP contribution >= 0.6 is 0 Å². The van der Waals surface area contributed by atoms with Gasteiger partial charge in [0.2, 0.25) is 5.91 Å². The van der Waals surface area contributed by atoms with Crippen LogP contribution in [0.1, 0.15) is 11.3 Å². The van der Waals surface area contributed by atoms with Gasteiger partial charge in [0.1, 0.15) is 24.4 Å². The van der Waals surface area contributed by atoms with Gasteiger partial charge in [-0.2, -0.15) is 0 Å². The van der Waals surface area contributed by atoms with Crippen LogP contribution < -0.4 is 15.6 Å². The summed E-state index contributed by atoms with van der Waals surface area (Å²) in [4.78, 5) is 28.9. The average Bonchev–Trinajstić information content (AvgIpc) is 2.79. The molecule has 0 aliphatic carbocycles. The van der Waals surface area contributed by atoms with E-state index in [0.717, 1.165) is 15.9 Å². The number of benzene rings is 2. The molecule has 0 aliphatic heterocycles. The minimum atomic E-state index is -0.347. The molecule has 0 aliphatic rings. The van der Waals surface area contributed by atoms with Crippen LogP contribution in [-0.4, -0.2) is 25.9 Å². The fourth-order valence-electron chi connectivity index (χ4n) is 2.91. The van der Waals surface area contributed by atoms with E-state index in [9.17, 15) is 9.59 Å². The van der Waals surface area contributed by atoms with Crippen LogP contribution in [0.5, 0.6) is 5.75 Å². The van der Waals surface area contributed by atoms with Gasteiger partial charge in [-0.1, -0.05) is 35.5 Å². The monoisotopic (exact) mass is 401 g/mol. The van der Waals surface area contributed by atoms with Gasteiger partial charge in [0.25, 0.3) is 5.56 Å². The van der Waals surface area contributed by atoms with Crippen molar-refractivity contribution < 1.29 is 9.53 Å². The van der Waals surface area contributed by atoms with Crippen LogP contribution in [0.3, 0.4) is 0 Å². The van der Waals surface area contributed by atoms with Crippen LogP contribution in [0, 0.1) is 0 Å². The van der Waals surface area contributed by atoms with Gasteiger partial charge >= 0.3 is 0 Å². The van der Waals surface area contributed by atoms with Crippen molar-refractivity contribution in [3.05, 3.63) is 94.5 Å². The van der Waals surface area contributed by atoms with E-state index in [4.69, 9.17) is 4.74 Å². The number of ether oxygens (including phenoxy) is 1. The van der Waals surface area contributed by atoms with Gasteiger partial charge in [0, 0.05) is 12.7 Å². The third-order valence-electron chi connectivity index (χ3n) is 4.42. The van der Waals surface area contributed by atoms with Crippen LogP contribution in [0.15, 0.2) is 77.7 Å². The number of pyridine rings is 1. The Morgan fingerprint density at radius 3 is 2.77 bits per heavy atom. The van der Waals surface area contributed by atoms with Crippen molar-refractivity contribution in [2.24, 2.45) is 0 Å². The lowest BCUT2D eigenvalue weighted by Gasteiger charge is -2.09. The Hall–Kier alpha value is -4.07. The molecule has 1 N–H and O–H groups in total. The molecule has 1 amide bonds. The van der Waals surface area contributed by atoms with E-state index in [-0.39, 0.29) is 18.0 Å². The maximum atomic E-state index is 12.4. The second kappa shape index (κ2) is 8.95. The first-order valence-corrected chi connectivity index (χ1v) is 9.40. The molecule has 8 heteroatoms. The molecule has 8 nitrogen and oxygen atoms in total. The van der Waals surface area contributed by atoms with Gasteiger partial charge in [-0.15, -0.1) is 5.10 Å². The van der Waals surface area contributed by atoms with Gasteiger partial charge in [0.05, 0.1) is 11.1 Å². The molecular weight excluding hydrogens is 382 g/mol. The molecule has 30 heavy (non-hydrogen) atoms. The smallest absolute Gasteiger partial charge is 0.278 e. The average molecular weight is 401 g/mol. The van der Waals surface area contributed by atoms with Gasteiger partial charge in [-0.25, -0.2) is 4.68 Å². The van der Waals surface area contributed by atoms with E-state index < -0.39 is 0 Å². The molecule has 0 fully saturated rings. The van der Waals surface area contributed by atoms with Crippen molar-refractivity contribution in [3.63, 3.8) is 0 Å². The van der Waals surface area contributed by atoms with E-state index >= 15 is 0 Å². The SMILES string of the molecule is O=C(Cn1nnc2ccccc2c1=O)NCc1cccc(OCc2ccccn2)c1. The Labute approximate surface area is 172 Å². The maximum Gasteiger partial charge on any atom is 0.278 e.